The van der Waals surface area contributed by atoms with Crippen LogP contribution in [0.2, 0.25) is 0 Å². The van der Waals surface area contributed by atoms with Gasteiger partial charge >= 0.3 is 0 Å². The first kappa shape index (κ1) is 10.8. The zero-order chi connectivity index (χ0) is 12.2. The summed E-state index contributed by atoms with van der Waals surface area (Å²) in [4.78, 5) is 0. The summed E-state index contributed by atoms with van der Waals surface area (Å²) in [5, 5.41) is 3.52. The third-order valence-electron chi connectivity index (χ3n) is 3.11. The van der Waals surface area contributed by atoms with Crippen LogP contribution >= 0.6 is 0 Å². The first-order valence-corrected chi connectivity index (χ1v) is 6.21. The Morgan fingerprint density at radius 3 is 2.83 bits per heavy atom. The van der Waals surface area contributed by atoms with Crippen LogP contribution in [0, 0.1) is 0 Å². The Kier molecular flexibility index (Phi) is 2.97. The van der Waals surface area contributed by atoms with Crippen LogP contribution in [0.3, 0.4) is 0 Å². The zero-order valence-electron chi connectivity index (χ0n) is 10.1. The van der Waals surface area contributed by atoms with Crippen molar-refractivity contribution < 1.29 is 0 Å². The molecule has 2 aliphatic rings. The van der Waals surface area contributed by atoms with Crippen molar-refractivity contribution in [3.05, 3.63) is 83.6 Å². The molecule has 1 heteroatoms. The highest BCUT2D eigenvalue weighted by atomic mass is 14.9. The van der Waals surface area contributed by atoms with Crippen LogP contribution in [0.4, 0.5) is 5.69 Å². The van der Waals surface area contributed by atoms with Crippen molar-refractivity contribution in [3.63, 3.8) is 0 Å². The Balaban J connectivity index is 1.94. The van der Waals surface area contributed by atoms with Gasteiger partial charge in [0.05, 0.1) is 0 Å². The molecule has 0 saturated heterocycles. The molecule has 1 aromatic carbocycles. The van der Waals surface area contributed by atoms with Gasteiger partial charge in [-0.25, -0.2) is 0 Å². The molecule has 0 atom stereocenters. The molecule has 0 bridgehead atoms. The fraction of sp³-hybridized carbons (Fsp3) is 0.0588. The number of benzene rings is 1. The molecule has 1 aromatic rings. The van der Waals surface area contributed by atoms with Crippen molar-refractivity contribution in [1.29, 1.82) is 0 Å². The summed E-state index contributed by atoms with van der Waals surface area (Å²) in [5.74, 6) is 0. The molecule has 0 fully saturated rings. The van der Waals surface area contributed by atoms with E-state index in [4.69, 9.17) is 0 Å². The lowest BCUT2D eigenvalue weighted by atomic mass is 10.1. The van der Waals surface area contributed by atoms with E-state index in [2.05, 4.69) is 78.2 Å². The van der Waals surface area contributed by atoms with Crippen LogP contribution < -0.4 is 5.32 Å². The number of fused-ring (bicyclic) bond motifs is 1. The topological polar surface area (TPSA) is 12.0 Å². The molecule has 88 valence electrons. The van der Waals surface area contributed by atoms with Crippen molar-refractivity contribution in [1.82, 2.24) is 0 Å². The van der Waals surface area contributed by atoms with E-state index in [1.807, 2.05) is 0 Å². The molecule has 1 aliphatic carbocycles. The molecular weight excluding hydrogens is 218 g/mol. The van der Waals surface area contributed by atoms with Gasteiger partial charge in [-0.15, -0.1) is 0 Å². The molecule has 0 amide bonds. The second-order valence-electron chi connectivity index (χ2n) is 4.36. The van der Waals surface area contributed by atoms with Gasteiger partial charge in [0.25, 0.3) is 0 Å². The molecule has 0 radical (unpaired) electrons. The van der Waals surface area contributed by atoms with Crippen molar-refractivity contribution in [2.75, 3.05) is 5.32 Å². The second kappa shape index (κ2) is 4.92. The quantitative estimate of drug-likeness (QED) is 0.755. The monoisotopic (exact) mass is 233 g/mol. The average molecular weight is 233 g/mol. The summed E-state index contributed by atoms with van der Waals surface area (Å²) in [6, 6.07) is 8.36. The van der Waals surface area contributed by atoms with Gasteiger partial charge in [-0.2, -0.15) is 0 Å². The van der Waals surface area contributed by atoms with Gasteiger partial charge in [0, 0.05) is 11.4 Å². The highest BCUT2D eigenvalue weighted by Crippen LogP contribution is 2.26. The number of hydrogen-bond acceptors (Lipinski definition) is 1. The van der Waals surface area contributed by atoms with Crippen LogP contribution in [0.15, 0.2) is 78.1 Å². The fourth-order valence-corrected chi connectivity index (χ4v) is 2.16. The molecule has 0 spiro atoms. The van der Waals surface area contributed by atoms with Crippen molar-refractivity contribution in [3.8, 4) is 0 Å². The lowest BCUT2D eigenvalue weighted by molar-refractivity contribution is 1.22. The minimum atomic E-state index is 0.960. The van der Waals surface area contributed by atoms with Gasteiger partial charge in [0.15, 0.2) is 0 Å². The number of allylic oxidation sites excluding steroid dienone is 8. The van der Waals surface area contributed by atoms with Gasteiger partial charge in [0.1, 0.15) is 0 Å². The summed E-state index contributed by atoms with van der Waals surface area (Å²) >= 11 is 0. The zero-order valence-corrected chi connectivity index (χ0v) is 10.1. The molecule has 0 unspecified atom stereocenters. The lowest BCUT2D eigenvalue weighted by Gasteiger charge is -2.13. The standard InChI is InChI=1S/C17H15N/c1-2-4-9-14(8-3-1)17-13-7-11-15-10-5-6-12-16(15)18-17/h1-8,10-13,18H,9H2. The number of para-hydroxylation sites is 1. The van der Waals surface area contributed by atoms with Crippen LogP contribution in [0.25, 0.3) is 6.08 Å². The van der Waals surface area contributed by atoms with Gasteiger partial charge in [-0.3, -0.25) is 0 Å². The maximum absolute atomic E-state index is 3.52. The predicted octanol–water partition coefficient (Wildman–Crippen LogP) is 4.45. The minimum Gasteiger partial charge on any atom is -0.355 e. The Labute approximate surface area is 108 Å². The van der Waals surface area contributed by atoms with E-state index >= 15 is 0 Å². The molecule has 3 rings (SSSR count). The average Bonchev–Trinajstić information content (AvgIpc) is 2.79. The van der Waals surface area contributed by atoms with Crippen LogP contribution in [0.1, 0.15) is 12.0 Å². The van der Waals surface area contributed by atoms with Crippen LogP contribution in [-0.4, -0.2) is 0 Å². The summed E-state index contributed by atoms with van der Waals surface area (Å²) in [6.07, 6.45) is 17.9. The molecule has 1 heterocycles. The van der Waals surface area contributed by atoms with Crippen LogP contribution in [-0.2, 0) is 0 Å². The third-order valence-corrected chi connectivity index (χ3v) is 3.11. The van der Waals surface area contributed by atoms with E-state index < -0.39 is 0 Å². The molecule has 0 saturated carbocycles. The van der Waals surface area contributed by atoms with Gasteiger partial charge in [-0.05, 0) is 29.7 Å². The number of anilines is 1. The van der Waals surface area contributed by atoms with E-state index in [0.717, 1.165) is 12.1 Å². The van der Waals surface area contributed by atoms with Gasteiger partial charge < -0.3 is 5.32 Å². The fourth-order valence-electron chi connectivity index (χ4n) is 2.16. The highest BCUT2D eigenvalue weighted by Gasteiger charge is 2.08. The predicted molar refractivity (Wildman–Crippen MR) is 78.2 cm³/mol. The molecule has 18 heavy (non-hydrogen) atoms. The second-order valence-corrected chi connectivity index (χ2v) is 4.36. The maximum Gasteiger partial charge on any atom is 0.0457 e. The molecule has 0 aromatic heterocycles. The molecular formula is C17H15N. The first-order valence-electron chi connectivity index (χ1n) is 6.21. The molecule has 1 aliphatic heterocycles. The Hall–Kier alpha value is -2.28. The molecule has 1 nitrogen and oxygen atoms in total. The third kappa shape index (κ3) is 2.21. The van der Waals surface area contributed by atoms with Crippen molar-refractivity contribution in [2.45, 2.75) is 6.42 Å². The number of hydrogen-bond donors (Lipinski definition) is 1. The Morgan fingerprint density at radius 1 is 0.889 bits per heavy atom. The Morgan fingerprint density at radius 2 is 1.83 bits per heavy atom. The van der Waals surface area contributed by atoms with E-state index in [-0.39, 0.29) is 0 Å². The van der Waals surface area contributed by atoms with Crippen molar-refractivity contribution >= 4 is 11.8 Å². The summed E-state index contributed by atoms with van der Waals surface area (Å²) in [5.41, 5.74) is 4.87. The largest absolute Gasteiger partial charge is 0.355 e. The van der Waals surface area contributed by atoms with E-state index in [0.29, 0.717) is 0 Å². The van der Waals surface area contributed by atoms with Crippen molar-refractivity contribution in [2.24, 2.45) is 0 Å². The number of rotatable bonds is 1. The molecule has 1 N–H and O–H groups in total. The van der Waals surface area contributed by atoms with E-state index in [1.165, 1.54) is 16.8 Å². The van der Waals surface area contributed by atoms with E-state index in [1.54, 1.807) is 0 Å². The highest BCUT2D eigenvalue weighted by molar-refractivity contribution is 5.72. The van der Waals surface area contributed by atoms with Crippen LogP contribution in [0.5, 0.6) is 0 Å². The maximum atomic E-state index is 3.52. The lowest BCUT2D eigenvalue weighted by Crippen LogP contribution is -2.02. The van der Waals surface area contributed by atoms with Gasteiger partial charge in [-0.1, -0.05) is 60.7 Å². The normalized spacial score (nSPS) is 17.1. The first-order chi connectivity index (χ1) is 8.93. The number of nitrogens with one attached hydrogen (secondary N) is 1. The SMILES string of the molecule is C1=CC=C(C2=CC=Cc3ccccc3N2)CC=C1. The summed E-state index contributed by atoms with van der Waals surface area (Å²) in [7, 11) is 0. The van der Waals surface area contributed by atoms with Gasteiger partial charge in [0.2, 0.25) is 0 Å². The van der Waals surface area contributed by atoms with E-state index in [9.17, 15) is 0 Å². The summed E-state index contributed by atoms with van der Waals surface area (Å²) < 4.78 is 0. The summed E-state index contributed by atoms with van der Waals surface area (Å²) in [6.45, 7) is 0. The smallest absolute Gasteiger partial charge is 0.0457 e. The Bertz CT molecular complexity index is 598. The minimum absolute atomic E-state index is 0.960.